The van der Waals surface area contributed by atoms with Crippen LogP contribution in [-0.4, -0.2) is 34.2 Å². The Morgan fingerprint density at radius 2 is 2.11 bits per heavy atom. The molecule has 2 aromatic rings. The normalized spacial score (nSPS) is 17.3. The van der Waals surface area contributed by atoms with Crippen LogP contribution >= 0.6 is 0 Å². The van der Waals surface area contributed by atoms with Gasteiger partial charge in [-0.2, -0.15) is 0 Å². The van der Waals surface area contributed by atoms with Gasteiger partial charge in [0.1, 0.15) is 16.9 Å². The molecule has 0 saturated carbocycles. The van der Waals surface area contributed by atoms with E-state index in [4.69, 9.17) is 9.47 Å². The minimum absolute atomic E-state index is 0.205. The van der Waals surface area contributed by atoms with Crippen LogP contribution in [0.15, 0.2) is 6.07 Å². The number of alkyl carbamates (subject to hydrolysis) is 1. The van der Waals surface area contributed by atoms with Crippen LogP contribution in [0.5, 0.6) is 0 Å². The fourth-order valence-corrected chi connectivity index (χ4v) is 3.39. The number of aromatic amines is 1. The summed E-state index contributed by atoms with van der Waals surface area (Å²) in [5.41, 5.74) is 1.42. The zero-order valence-corrected chi connectivity index (χ0v) is 16.8. The second-order valence-electron chi connectivity index (χ2n) is 8.07. The molecule has 1 aliphatic carbocycles. The number of carbonyl (C=O) groups is 2. The molecule has 1 aromatic heterocycles. The number of hydrogen-bond donors (Lipinski definition) is 2. The Balaban J connectivity index is 1.80. The van der Waals surface area contributed by atoms with Gasteiger partial charge in [0.2, 0.25) is 0 Å². The third-order valence-corrected chi connectivity index (χ3v) is 4.61. The molecule has 1 heterocycles. The summed E-state index contributed by atoms with van der Waals surface area (Å²) >= 11 is 0. The first-order valence-electron chi connectivity index (χ1n) is 9.45. The minimum Gasteiger partial charge on any atom is -0.466 e. The van der Waals surface area contributed by atoms with Crippen LogP contribution < -0.4 is 5.32 Å². The quantitative estimate of drug-likeness (QED) is 0.777. The Labute approximate surface area is 163 Å². The number of carbonyl (C=O) groups excluding carboxylic acids is 2. The number of hydrogen-bond acceptors (Lipinski definition) is 5. The zero-order valence-electron chi connectivity index (χ0n) is 16.8. The molecule has 1 aliphatic rings. The molecular weight excluding hydrogens is 365 g/mol. The lowest BCUT2D eigenvalue weighted by Crippen LogP contribution is -2.34. The molecule has 0 fully saturated rings. The van der Waals surface area contributed by atoms with Crippen molar-refractivity contribution >= 4 is 23.1 Å². The number of aromatic nitrogens is 2. The Hall–Kier alpha value is -2.64. The fraction of sp³-hybridized carbons (Fsp3) is 0.550. The summed E-state index contributed by atoms with van der Waals surface area (Å²) in [6.07, 6.45) is 0.186. The van der Waals surface area contributed by atoms with Gasteiger partial charge in [0.05, 0.1) is 24.1 Å². The Kier molecular flexibility index (Phi) is 5.32. The van der Waals surface area contributed by atoms with Crippen molar-refractivity contribution in [2.45, 2.75) is 59.1 Å². The van der Waals surface area contributed by atoms with Gasteiger partial charge < -0.3 is 19.8 Å². The summed E-state index contributed by atoms with van der Waals surface area (Å²) in [5.74, 6) is -0.648. The summed E-state index contributed by atoms with van der Waals surface area (Å²) in [5, 5.41) is 2.69. The molecule has 0 spiro atoms. The predicted octanol–water partition coefficient (Wildman–Crippen LogP) is 3.57. The van der Waals surface area contributed by atoms with Gasteiger partial charge >= 0.3 is 12.1 Å². The maximum absolute atomic E-state index is 15.0. The summed E-state index contributed by atoms with van der Waals surface area (Å²) in [4.78, 5) is 31.3. The van der Waals surface area contributed by atoms with Gasteiger partial charge in [-0.25, -0.2) is 14.2 Å². The van der Waals surface area contributed by atoms with Gasteiger partial charge in [-0.3, -0.25) is 4.79 Å². The lowest BCUT2D eigenvalue weighted by atomic mass is 10.1. The van der Waals surface area contributed by atoms with Crippen LogP contribution in [0.4, 0.5) is 9.18 Å². The summed E-state index contributed by atoms with van der Waals surface area (Å²) in [6.45, 7) is 9.13. The highest BCUT2D eigenvalue weighted by Gasteiger charge is 2.32. The number of rotatable bonds is 4. The third-order valence-electron chi connectivity index (χ3n) is 4.61. The molecule has 2 atom stereocenters. The molecule has 7 nitrogen and oxygen atoms in total. The molecule has 1 unspecified atom stereocenters. The van der Waals surface area contributed by atoms with Crippen molar-refractivity contribution in [3.63, 3.8) is 0 Å². The average molecular weight is 391 g/mol. The number of benzene rings is 1. The predicted molar refractivity (Wildman–Crippen MR) is 101 cm³/mol. The van der Waals surface area contributed by atoms with Crippen LogP contribution in [0.3, 0.4) is 0 Å². The number of nitrogens with zero attached hydrogens (tertiary/aromatic N) is 1. The highest BCUT2D eigenvalue weighted by Crippen LogP contribution is 2.34. The number of ether oxygens (including phenoxy) is 2. The molecule has 1 aromatic carbocycles. The van der Waals surface area contributed by atoms with Crippen LogP contribution in [0.25, 0.3) is 11.0 Å². The van der Waals surface area contributed by atoms with Crippen molar-refractivity contribution in [3.05, 3.63) is 28.8 Å². The van der Waals surface area contributed by atoms with E-state index in [0.717, 1.165) is 5.56 Å². The van der Waals surface area contributed by atoms with Crippen molar-refractivity contribution in [2.24, 2.45) is 5.92 Å². The molecule has 0 radical (unpaired) electrons. The van der Waals surface area contributed by atoms with Gasteiger partial charge in [-0.05, 0) is 64.7 Å². The second kappa shape index (κ2) is 7.41. The number of imidazole rings is 1. The van der Waals surface area contributed by atoms with E-state index in [-0.39, 0.29) is 17.4 Å². The van der Waals surface area contributed by atoms with E-state index < -0.39 is 23.6 Å². The van der Waals surface area contributed by atoms with Crippen LogP contribution in [-0.2, 0) is 27.1 Å². The van der Waals surface area contributed by atoms with Gasteiger partial charge in [-0.1, -0.05) is 0 Å². The molecule has 0 bridgehead atoms. The molecule has 3 rings (SSSR count). The lowest BCUT2D eigenvalue weighted by molar-refractivity contribution is -0.147. The van der Waals surface area contributed by atoms with Crippen LogP contribution in [0.2, 0.25) is 0 Å². The Morgan fingerprint density at radius 3 is 2.75 bits per heavy atom. The number of nitrogens with one attached hydrogen (secondary N) is 2. The molecular formula is C20H26FN3O4. The standard InChI is InChI=1S/C20H26FN3O4/c1-6-27-18(25)12-7-11-9-14-16(15(21)13(11)8-12)24-17(23-14)10(2)22-19(26)28-20(3,4)5/h9-10,12H,6-8H2,1-5H3,(H,22,26)(H,23,24)/t10-,12?/m1/s1. The summed E-state index contributed by atoms with van der Waals surface area (Å²) < 4.78 is 25.3. The van der Waals surface area contributed by atoms with E-state index in [2.05, 4.69) is 15.3 Å². The highest BCUT2D eigenvalue weighted by molar-refractivity contribution is 5.81. The van der Waals surface area contributed by atoms with Gasteiger partial charge in [0.15, 0.2) is 5.82 Å². The van der Waals surface area contributed by atoms with Crippen molar-refractivity contribution < 1.29 is 23.5 Å². The maximum Gasteiger partial charge on any atom is 0.408 e. The van der Waals surface area contributed by atoms with E-state index in [1.807, 2.05) is 6.07 Å². The van der Waals surface area contributed by atoms with Gasteiger partial charge in [-0.15, -0.1) is 0 Å². The molecule has 28 heavy (non-hydrogen) atoms. The van der Waals surface area contributed by atoms with Crippen LogP contribution in [0, 0.1) is 11.7 Å². The zero-order chi connectivity index (χ0) is 20.6. The van der Waals surface area contributed by atoms with E-state index in [1.165, 1.54) is 0 Å². The van der Waals surface area contributed by atoms with E-state index in [1.54, 1.807) is 34.6 Å². The number of H-pyrrole nitrogens is 1. The molecule has 1 amide bonds. The Morgan fingerprint density at radius 1 is 1.39 bits per heavy atom. The van der Waals surface area contributed by atoms with E-state index >= 15 is 4.39 Å². The average Bonchev–Trinajstić information content (AvgIpc) is 3.18. The van der Waals surface area contributed by atoms with Crippen molar-refractivity contribution in [1.29, 1.82) is 0 Å². The smallest absolute Gasteiger partial charge is 0.408 e. The summed E-state index contributed by atoms with van der Waals surface area (Å²) in [6, 6.07) is 1.34. The SMILES string of the molecule is CCOC(=O)C1Cc2cc3[nH]c([C@@H](C)NC(=O)OC(C)(C)C)nc3c(F)c2C1. The van der Waals surface area contributed by atoms with Crippen LogP contribution in [0.1, 0.15) is 57.6 Å². The number of fused-ring (bicyclic) bond motifs is 2. The first kappa shape index (κ1) is 20.1. The van der Waals surface area contributed by atoms with Gasteiger partial charge in [0.25, 0.3) is 0 Å². The first-order valence-corrected chi connectivity index (χ1v) is 9.45. The topological polar surface area (TPSA) is 93.3 Å². The number of amides is 1. The molecule has 0 saturated heterocycles. The summed E-state index contributed by atoms with van der Waals surface area (Å²) in [7, 11) is 0. The Bertz CT molecular complexity index is 916. The molecule has 152 valence electrons. The third kappa shape index (κ3) is 4.10. The van der Waals surface area contributed by atoms with Crippen molar-refractivity contribution in [1.82, 2.24) is 15.3 Å². The van der Waals surface area contributed by atoms with E-state index in [9.17, 15) is 9.59 Å². The highest BCUT2D eigenvalue weighted by atomic mass is 19.1. The number of halogens is 1. The maximum atomic E-state index is 15.0. The fourth-order valence-electron chi connectivity index (χ4n) is 3.39. The second-order valence-corrected chi connectivity index (χ2v) is 8.07. The lowest BCUT2D eigenvalue weighted by Gasteiger charge is -2.21. The van der Waals surface area contributed by atoms with Crippen molar-refractivity contribution in [3.8, 4) is 0 Å². The first-order chi connectivity index (χ1) is 13.1. The molecule has 2 N–H and O–H groups in total. The van der Waals surface area contributed by atoms with Crippen molar-refractivity contribution in [2.75, 3.05) is 6.61 Å². The molecule has 8 heteroatoms. The number of esters is 1. The largest absolute Gasteiger partial charge is 0.466 e. The molecule has 0 aliphatic heterocycles. The van der Waals surface area contributed by atoms with Gasteiger partial charge in [0, 0.05) is 0 Å². The van der Waals surface area contributed by atoms with E-state index in [0.29, 0.717) is 36.4 Å². The monoisotopic (exact) mass is 391 g/mol. The minimum atomic E-state index is -0.611.